The maximum absolute atomic E-state index is 15.0. The fourth-order valence-electron chi connectivity index (χ4n) is 2.54. The number of nitrogens with one attached hydrogen (secondary N) is 1. The van der Waals surface area contributed by atoms with Gasteiger partial charge in [0.2, 0.25) is 0 Å². The van der Waals surface area contributed by atoms with E-state index in [9.17, 15) is 4.39 Å². The number of nitrogens with zero attached hydrogens (tertiary/aromatic N) is 2. The summed E-state index contributed by atoms with van der Waals surface area (Å²) in [6.45, 7) is 6.32. The summed E-state index contributed by atoms with van der Waals surface area (Å²) in [4.78, 5) is 8.79. The standard InChI is InChI=1S/C21H22FN3/c1-4-21(2,3)25-19-14-23-18(13-24-19)17-12-8-11-16(20(17)22)15-9-6-5-7-10-15/h5-14H,4H2,1-3H3,(H,24,25). The Balaban J connectivity index is 1.92. The van der Waals surface area contributed by atoms with Crippen LogP contribution in [0.4, 0.5) is 10.2 Å². The third-order valence-electron chi connectivity index (χ3n) is 4.36. The van der Waals surface area contributed by atoms with Crippen LogP contribution in [-0.2, 0) is 0 Å². The van der Waals surface area contributed by atoms with Crippen LogP contribution in [0.1, 0.15) is 27.2 Å². The summed E-state index contributed by atoms with van der Waals surface area (Å²) in [5.41, 5.74) is 2.33. The summed E-state index contributed by atoms with van der Waals surface area (Å²) in [5.74, 6) is 0.410. The molecule has 3 rings (SSSR count). The van der Waals surface area contributed by atoms with Crippen molar-refractivity contribution in [3.8, 4) is 22.4 Å². The third kappa shape index (κ3) is 3.85. The smallest absolute Gasteiger partial charge is 0.144 e. The zero-order valence-corrected chi connectivity index (χ0v) is 14.8. The predicted octanol–water partition coefficient (Wildman–Crippen LogP) is 5.55. The number of aromatic nitrogens is 2. The maximum Gasteiger partial charge on any atom is 0.144 e. The first-order valence-corrected chi connectivity index (χ1v) is 8.45. The molecule has 0 saturated heterocycles. The summed E-state index contributed by atoms with van der Waals surface area (Å²) in [6, 6.07) is 14.9. The first-order chi connectivity index (χ1) is 12.0. The van der Waals surface area contributed by atoms with E-state index in [-0.39, 0.29) is 11.4 Å². The van der Waals surface area contributed by atoms with Crippen LogP contribution in [0, 0.1) is 5.82 Å². The highest BCUT2D eigenvalue weighted by atomic mass is 19.1. The molecule has 0 radical (unpaired) electrons. The molecule has 0 bridgehead atoms. The monoisotopic (exact) mass is 335 g/mol. The molecular formula is C21H22FN3. The minimum absolute atomic E-state index is 0.0608. The van der Waals surface area contributed by atoms with Crippen LogP contribution >= 0.6 is 0 Å². The van der Waals surface area contributed by atoms with Crippen LogP contribution in [0.25, 0.3) is 22.4 Å². The number of halogens is 1. The summed E-state index contributed by atoms with van der Waals surface area (Å²) in [7, 11) is 0. The highest BCUT2D eigenvalue weighted by Gasteiger charge is 2.16. The molecule has 0 aliphatic heterocycles. The molecule has 0 aliphatic rings. The largest absolute Gasteiger partial charge is 0.364 e. The van der Waals surface area contributed by atoms with Gasteiger partial charge in [-0.2, -0.15) is 0 Å². The molecule has 0 spiro atoms. The lowest BCUT2D eigenvalue weighted by Gasteiger charge is -2.24. The molecule has 0 amide bonds. The van der Waals surface area contributed by atoms with Crippen molar-refractivity contribution in [1.82, 2.24) is 9.97 Å². The Kier molecular flexibility index (Phi) is 4.79. The Morgan fingerprint density at radius 3 is 2.28 bits per heavy atom. The highest BCUT2D eigenvalue weighted by Crippen LogP contribution is 2.30. The normalized spacial score (nSPS) is 11.4. The topological polar surface area (TPSA) is 37.8 Å². The average Bonchev–Trinajstić information content (AvgIpc) is 2.63. The van der Waals surface area contributed by atoms with Crippen molar-refractivity contribution in [3.63, 3.8) is 0 Å². The van der Waals surface area contributed by atoms with Crippen molar-refractivity contribution >= 4 is 5.82 Å². The number of hydrogen-bond donors (Lipinski definition) is 1. The molecule has 128 valence electrons. The van der Waals surface area contributed by atoms with Gasteiger partial charge in [-0.05, 0) is 31.9 Å². The van der Waals surface area contributed by atoms with E-state index in [2.05, 4.69) is 36.1 Å². The SMILES string of the molecule is CCC(C)(C)Nc1cnc(-c2cccc(-c3ccccc3)c2F)cn1. The van der Waals surface area contributed by atoms with Crippen LogP contribution in [0.5, 0.6) is 0 Å². The minimum Gasteiger partial charge on any atom is -0.364 e. The Bertz CT molecular complexity index is 843. The van der Waals surface area contributed by atoms with Crippen molar-refractivity contribution in [2.75, 3.05) is 5.32 Å². The molecule has 1 N–H and O–H groups in total. The zero-order valence-electron chi connectivity index (χ0n) is 14.8. The Morgan fingerprint density at radius 2 is 1.64 bits per heavy atom. The molecule has 3 aromatic rings. The molecule has 3 nitrogen and oxygen atoms in total. The van der Waals surface area contributed by atoms with Gasteiger partial charge in [0.15, 0.2) is 0 Å². The van der Waals surface area contributed by atoms with Gasteiger partial charge in [0.1, 0.15) is 11.6 Å². The first kappa shape index (κ1) is 17.1. The number of benzene rings is 2. The van der Waals surface area contributed by atoms with Gasteiger partial charge in [-0.15, -0.1) is 0 Å². The summed E-state index contributed by atoms with van der Waals surface area (Å²) in [6.07, 6.45) is 4.23. The van der Waals surface area contributed by atoms with Crippen LogP contribution in [0.3, 0.4) is 0 Å². The lowest BCUT2D eigenvalue weighted by molar-refractivity contribution is 0.544. The predicted molar refractivity (Wildman–Crippen MR) is 101 cm³/mol. The van der Waals surface area contributed by atoms with E-state index in [0.717, 1.165) is 12.0 Å². The van der Waals surface area contributed by atoms with Gasteiger partial charge >= 0.3 is 0 Å². The molecular weight excluding hydrogens is 313 g/mol. The molecule has 1 heterocycles. The fraction of sp³-hybridized carbons (Fsp3) is 0.238. The van der Waals surface area contributed by atoms with Gasteiger partial charge in [0, 0.05) is 16.7 Å². The average molecular weight is 335 g/mol. The second kappa shape index (κ2) is 7.01. The lowest BCUT2D eigenvalue weighted by Crippen LogP contribution is -2.30. The van der Waals surface area contributed by atoms with Crippen LogP contribution in [0.2, 0.25) is 0 Å². The van der Waals surface area contributed by atoms with Gasteiger partial charge in [-0.25, -0.2) is 9.37 Å². The Morgan fingerprint density at radius 1 is 0.920 bits per heavy atom. The van der Waals surface area contributed by atoms with E-state index in [0.29, 0.717) is 22.6 Å². The van der Waals surface area contributed by atoms with E-state index in [1.54, 1.807) is 24.5 Å². The molecule has 4 heteroatoms. The molecule has 2 aromatic carbocycles. The van der Waals surface area contributed by atoms with Crippen molar-refractivity contribution < 1.29 is 4.39 Å². The molecule has 0 saturated carbocycles. The van der Waals surface area contributed by atoms with Gasteiger partial charge in [-0.3, -0.25) is 4.98 Å². The van der Waals surface area contributed by atoms with Crippen molar-refractivity contribution in [3.05, 3.63) is 66.7 Å². The second-order valence-electron chi connectivity index (χ2n) is 6.68. The van der Waals surface area contributed by atoms with Gasteiger partial charge in [-0.1, -0.05) is 49.4 Å². The second-order valence-corrected chi connectivity index (χ2v) is 6.68. The molecule has 0 atom stereocenters. The van der Waals surface area contributed by atoms with E-state index < -0.39 is 0 Å². The number of rotatable bonds is 5. The molecule has 1 aromatic heterocycles. The molecule has 0 unspecified atom stereocenters. The number of hydrogen-bond acceptors (Lipinski definition) is 3. The van der Waals surface area contributed by atoms with Crippen LogP contribution in [-0.4, -0.2) is 15.5 Å². The van der Waals surface area contributed by atoms with E-state index in [4.69, 9.17) is 0 Å². The zero-order chi connectivity index (χ0) is 17.9. The van der Waals surface area contributed by atoms with Crippen LogP contribution in [0.15, 0.2) is 60.9 Å². The van der Waals surface area contributed by atoms with Crippen molar-refractivity contribution in [1.29, 1.82) is 0 Å². The van der Waals surface area contributed by atoms with E-state index in [1.807, 2.05) is 36.4 Å². The van der Waals surface area contributed by atoms with E-state index in [1.165, 1.54) is 0 Å². The number of anilines is 1. The third-order valence-corrected chi connectivity index (χ3v) is 4.36. The molecule has 25 heavy (non-hydrogen) atoms. The summed E-state index contributed by atoms with van der Waals surface area (Å²) >= 11 is 0. The van der Waals surface area contributed by atoms with Gasteiger partial charge in [0.05, 0.1) is 18.1 Å². The van der Waals surface area contributed by atoms with E-state index >= 15 is 0 Å². The quantitative estimate of drug-likeness (QED) is 0.664. The summed E-state index contributed by atoms with van der Waals surface area (Å²) in [5, 5.41) is 3.33. The molecule has 0 fully saturated rings. The van der Waals surface area contributed by atoms with Crippen LogP contribution < -0.4 is 5.32 Å². The fourth-order valence-corrected chi connectivity index (χ4v) is 2.54. The maximum atomic E-state index is 15.0. The van der Waals surface area contributed by atoms with Gasteiger partial charge < -0.3 is 5.32 Å². The minimum atomic E-state index is -0.280. The Hall–Kier alpha value is -2.75. The highest BCUT2D eigenvalue weighted by molar-refractivity contribution is 5.72. The Labute approximate surface area is 148 Å². The molecule has 0 aliphatic carbocycles. The van der Waals surface area contributed by atoms with Gasteiger partial charge in [0.25, 0.3) is 0 Å². The lowest BCUT2D eigenvalue weighted by atomic mass is 10.0. The van der Waals surface area contributed by atoms with Crippen molar-refractivity contribution in [2.24, 2.45) is 0 Å². The first-order valence-electron chi connectivity index (χ1n) is 8.45. The van der Waals surface area contributed by atoms with Crippen molar-refractivity contribution in [2.45, 2.75) is 32.7 Å². The summed E-state index contributed by atoms with van der Waals surface area (Å²) < 4.78 is 15.0.